The predicted molar refractivity (Wildman–Crippen MR) is 125 cm³/mol. The van der Waals surface area contributed by atoms with Gasteiger partial charge in [-0.1, -0.05) is 49.7 Å². The molecule has 0 fully saturated rings. The molecule has 0 radical (unpaired) electrons. The lowest BCUT2D eigenvalue weighted by atomic mass is 9.94. The molecule has 3 rings (SSSR count). The number of nitrogens with zero attached hydrogens (tertiary/aromatic N) is 1. The molecule has 1 heterocycles. The molecule has 0 amide bonds. The van der Waals surface area contributed by atoms with Gasteiger partial charge in [0.25, 0.3) is 0 Å². The van der Waals surface area contributed by atoms with Gasteiger partial charge in [-0.15, -0.1) is 0 Å². The number of hydrogen-bond donors (Lipinski definition) is 0. The minimum Gasteiger partial charge on any atom is -0.490 e. The van der Waals surface area contributed by atoms with Gasteiger partial charge < -0.3 is 9.47 Å². The molecule has 0 aliphatic heterocycles. The Morgan fingerprint density at radius 2 is 1.68 bits per heavy atom. The Balaban J connectivity index is 2.07. The molecule has 5 heteroatoms. The minimum atomic E-state index is -0.495. The van der Waals surface area contributed by atoms with E-state index in [0.717, 1.165) is 35.4 Å². The number of rotatable bonds is 8. The highest BCUT2D eigenvalue weighted by atomic mass is 35.5. The molecule has 31 heavy (non-hydrogen) atoms. The second-order valence-electron chi connectivity index (χ2n) is 7.73. The van der Waals surface area contributed by atoms with Crippen molar-refractivity contribution in [3.8, 4) is 22.8 Å². The molecule has 0 atom stereocenters. The van der Waals surface area contributed by atoms with Crippen LogP contribution in [0.1, 0.15) is 50.1 Å². The highest BCUT2D eigenvalue weighted by Gasteiger charge is 2.18. The third kappa shape index (κ3) is 5.19. The Labute approximate surface area is 189 Å². The molecule has 0 unspecified atom stereocenters. The molecule has 0 spiro atoms. The maximum absolute atomic E-state index is 14.2. The van der Waals surface area contributed by atoms with E-state index < -0.39 is 5.82 Å². The fourth-order valence-electron chi connectivity index (χ4n) is 3.67. The number of benzene rings is 2. The lowest BCUT2D eigenvalue weighted by Crippen LogP contribution is -2.12. The summed E-state index contributed by atoms with van der Waals surface area (Å²) in [6.07, 6.45) is 1.81. The molecule has 2 aromatic carbocycles. The molecular formula is C26H29ClFNO2. The molecule has 164 valence electrons. The van der Waals surface area contributed by atoms with E-state index >= 15 is 0 Å². The summed E-state index contributed by atoms with van der Waals surface area (Å²) in [4.78, 5) is 4.90. The van der Waals surface area contributed by atoms with Crippen molar-refractivity contribution in [2.75, 3.05) is 0 Å². The lowest BCUT2D eigenvalue weighted by molar-refractivity contribution is 0.227. The second kappa shape index (κ2) is 10.1. The Hall–Kier alpha value is -2.59. The van der Waals surface area contributed by atoms with Crippen molar-refractivity contribution < 1.29 is 13.9 Å². The predicted octanol–water partition coefficient (Wildman–Crippen LogP) is 7.34. The highest BCUT2D eigenvalue weighted by Crippen LogP contribution is 2.35. The van der Waals surface area contributed by atoms with Crippen LogP contribution in [0, 0.1) is 12.7 Å². The Morgan fingerprint density at radius 3 is 2.26 bits per heavy atom. The average molecular weight is 442 g/mol. The first-order valence-electron chi connectivity index (χ1n) is 10.7. The third-order valence-corrected chi connectivity index (χ3v) is 5.49. The van der Waals surface area contributed by atoms with E-state index in [1.54, 1.807) is 12.1 Å². The first-order valence-corrected chi connectivity index (χ1v) is 11.1. The van der Waals surface area contributed by atoms with Gasteiger partial charge >= 0.3 is 0 Å². The maximum atomic E-state index is 14.2. The fourth-order valence-corrected chi connectivity index (χ4v) is 3.89. The van der Waals surface area contributed by atoms with Crippen LogP contribution in [0.5, 0.6) is 11.5 Å². The summed E-state index contributed by atoms with van der Waals surface area (Å²) >= 11 is 6.12. The number of ether oxygens (including phenoxy) is 2. The van der Waals surface area contributed by atoms with E-state index in [1.807, 2.05) is 26.8 Å². The normalized spacial score (nSPS) is 11.1. The van der Waals surface area contributed by atoms with Crippen molar-refractivity contribution in [1.82, 2.24) is 4.98 Å². The summed E-state index contributed by atoms with van der Waals surface area (Å²) in [5.74, 6) is 0.233. The summed E-state index contributed by atoms with van der Waals surface area (Å²) < 4.78 is 26.1. The number of para-hydroxylation sites is 1. The zero-order chi connectivity index (χ0) is 22.5. The van der Waals surface area contributed by atoms with E-state index in [4.69, 9.17) is 26.1 Å². The van der Waals surface area contributed by atoms with Gasteiger partial charge in [-0.2, -0.15) is 0 Å². The van der Waals surface area contributed by atoms with E-state index in [2.05, 4.69) is 32.0 Å². The second-order valence-corrected chi connectivity index (χ2v) is 8.14. The molecule has 0 bridgehead atoms. The summed E-state index contributed by atoms with van der Waals surface area (Å²) in [5.41, 5.74) is 6.12. The van der Waals surface area contributed by atoms with Crippen LogP contribution in [0.3, 0.4) is 0 Å². The van der Waals surface area contributed by atoms with Crippen LogP contribution >= 0.6 is 11.6 Å². The van der Waals surface area contributed by atoms with Gasteiger partial charge in [0.05, 0.1) is 22.4 Å². The van der Waals surface area contributed by atoms with Crippen molar-refractivity contribution in [3.63, 3.8) is 0 Å². The molecule has 0 aliphatic rings. The average Bonchev–Trinajstić information content (AvgIpc) is 2.73. The van der Waals surface area contributed by atoms with Crippen LogP contribution < -0.4 is 9.47 Å². The van der Waals surface area contributed by atoms with Crippen LogP contribution in [0.25, 0.3) is 11.3 Å². The molecule has 1 aromatic heterocycles. The standard InChI is InChI=1S/C26H29ClFNO2/c1-6-18-10-8-11-19(7-2)25(18)23-14-24(31-16(3)4)20(17(5)29-23)15-30-26-21(27)12-9-13-22(26)28/h8-14,16H,6-7,15H2,1-5H3. The first kappa shape index (κ1) is 23.1. The SMILES string of the molecule is CCc1cccc(CC)c1-c1cc(OC(C)C)c(COc2c(F)cccc2Cl)c(C)n1. The molecule has 3 nitrogen and oxygen atoms in total. The van der Waals surface area contributed by atoms with Crippen molar-refractivity contribution in [2.45, 2.75) is 60.2 Å². The van der Waals surface area contributed by atoms with Gasteiger partial charge in [-0.05, 0) is 56.9 Å². The van der Waals surface area contributed by atoms with Crippen LogP contribution in [0.15, 0.2) is 42.5 Å². The number of aryl methyl sites for hydroxylation is 3. The summed E-state index contributed by atoms with van der Waals surface area (Å²) in [6.45, 7) is 10.3. The Morgan fingerprint density at radius 1 is 1.03 bits per heavy atom. The van der Waals surface area contributed by atoms with E-state index in [0.29, 0.717) is 5.75 Å². The van der Waals surface area contributed by atoms with Gasteiger partial charge in [0.15, 0.2) is 11.6 Å². The van der Waals surface area contributed by atoms with E-state index in [1.165, 1.54) is 17.2 Å². The first-order chi connectivity index (χ1) is 14.8. The van der Waals surface area contributed by atoms with E-state index in [9.17, 15) is 4.39 Å². The molecule has 0 N–H and O–H groups in total. The molecule has 0 saturated carbocycles. The zero-order valence-electron chi connectivity index (χ0n) is 18.8. The summed E-state index contributed by atoms with van der Waals surface area (Å²) in [7, 11) is 0. The van der Waals surface area contributed by atoms with Crippen LogP contribution in [0.2, 0.25) is 5.02 Å². The summed E-state index contributed by atoms with van der Waals surface area (Å²) in [6, 6.07) is 12.8. The van der Waals surface area contributed by atoms with Gasteiger partial charge in [-0.3, -0.25) is 4.98 Å². The van der Waals surface area contributed by atoms with Crippen LogP contribution in [0.4, 0.5) is 4.39 Å². The van der Waals surface area contributed by atoms with Gasteiger partial charge in [0.1, 0.15) is 12.4 Å². The molecular weight excluding hydrogens is 413 g/mol. The van der Waals surface area contributed by atoms with Crippen molar-refractivity contribution in [3.05, 3.63) is 75.7 Å². The van der Waals surface area contributed by atoms with Crippen LogP contribution in [-0.2, 0) is 19.4 Å². The highest BCUT2D eigenvalue weighted by molar-refractivity contribution is 6.32. The quantitative estimate of drug-likeness (QED) is 0.366. The van der Waals surface area contributed by atoms with E-state index in [-0.39, 0.29) is 23.5 Å². The minimum absolute atomic E-state index is 0.0301. The van der Waals surface area contributed by atoms with Gasteiger partial charge in [0, 0.05) is 17.3 Å². The molecule has 0 aliphatic carbocycles. The monoisotopic (exact) mass is 441 g/mol. The zero-order valence-corrected chi connectivity index (χ0v) is 19.5. The number of halogens is 2. The molecule has 0 saturated heterocycles. The number of pyridine rings is 1. The van der Waals surface area contributed by atoms with Crippen molar-refractivity contribution >= 4 is 11.6 Å². The maximum Gasteiger partial charge on any atom is 0.174 e. The van der Waals surface area contributed by atoms with Gasteiger partial charge in [-0.25, -0.2) is 4.39 Å². The lowest BCUT2D eigenvalue weighted by Gasteiger charge is -2.20. The smallest absolute Gasteiger partial charge is 0.174 e. The Bertz CT molecular complexity index is 1020. The van der Waals surface area contributed by atoms with Crippen molar-refractivity contribution in [1.29, 1.82) is 0 Å². The number of hydrogen-bond acceptors (Lipinski definition) is 3. The molecule has 3 aromatic rings. The largest absolute Gasteiger partial charge is 0.490 e. The number of aromatic nitrogens is 1. The Kier molecular flexibility index (Phi) is 7.55. The van der Waals surface area contributed by atoms with Crippen molar-refractivity contribution in [2.24, 2.45) is 0 Å². The topological polar surface area (TPSA) is 31.4 Å². The fraction of sp³-hybridized carbons (Fsp3) is 0.346. The summed E-state index contributed by atoms with van der Waals surface area (Å²) in [5, 5.41) is 0.234. The van der Waals surface area contributed by atoms with Crippen LogP contribution in [-0.4, -0.2) is 11.1 Å². The van der Waals surface area contributed by atoms with Gasteiger partial charge in [0.2, 0.25) is 0 Å². The third-order valence-electron chi connectivity index (χ3n) is 5.19.